The molecule has 3 rings (SSSR count). The van der Waals surface area contributed by atoms with Gasteiger partial charge in [-0.05, 0) is 63.6 Å². The van der Waals surface area contributed by atoms with Crippen LogP contribution in [0.2, 0.25) is 0 Å². The Labute approximate surface area is 129 Å². The lowest BCUT2D eigenvalue weighted by Crippen LogP contribution is -2.50. The van der Waals surface area contributed by atoms with E-state index in [1.807, 2.05) is 0 Å². The normalized spacial score (nSPS) is 27.4. The first-order valence-corrected chi connectivity index (χ1v) is 8.94. The van der Waals surface area contributed by atoms with Crippen molar-refractivity contribution in [2.24, 2.45) is 11.1 Å². The first-order valence-electron chi connectivity index (χ1n) is 8.94. The summed E-state index contributed by atoms with van der Waals surface area (Å²) < 4.78 is 0. The first-order chi connectivity index (χ1) is 10.2. The van der Waals surface area contributed by atoms with Crippen molar-refractivity contribution in [3.8, 4) is 0 Å². The van der Waals surface area contributed by atoms with Crippen molar-refractivity contribution >= 4 is 5.91 Å². The average molecular weight is 293 g/mol. The number of hydrogen-bond acceptors (Lipinski definition) is 3. The Bertz CT molecular complexity index is 348. The van der Waals surface area contributed by atoms with Gasteiger partial charge in [0.25, 0.3) is 0 Å². The second kappa shape index (κ2) is 6.66. The monoisotopic (exact) mass is 293 g/mol. The number of nitrogens with two attached hydrogens (primary N) is 1. The van der Waals surface area contributed by atoms with Crippen LogP contribution in [0.1, 0.15) is 57.8 Å². The molecule has 0 unspecified atom stereocenters. The molecule has 0 aromatic carbocycles. The fourth-order valence-corrected chi connectivity index (χ4v) is 4.33. The fraction of sp³-hybridized carbons (Fsp3) is 0.941. The van der Waals surface area contributed by atoms with Crippen molar-refractivity contribution in [3.05, 3.63) is 0 Å². The van der Waals surface area contributed by atoms with Crippen LogP contribution in [-0.4, -0.2) is 54.5 Å². The number of piperidine rings is 2. The maximum Gasteiger partial charge on any atom is 0.223 e. The summed E-state index contributed by atoms with van der Waals surface area (Å²) in [7, 11) is 0. The number of nitrogens with zero attached hydrogens (tertiary/aromatic N) is 2. The molecule has 0 atom stereocenters. The largest absolute Gasteiger partial charge is 0.343 e. The summed E-state index contributed by atoms with van der Waals surface area (Å²) in [6, 6.07) is 0.724. The molecule has 2 N–H and O–H groups in total. The zero-order valence-corrected chi connectivity index (χ0v) is 13.4. The highest BCUT2D eigenvalue weighted by atomic mass is 16.2. The van der Waals surface area contributed by atoms with E-state index in [2.05, 4.69) is 9.80 Å². The van der Waals surface area contributed by atoms with Crippen LogP contribution in [0.3, 0.4) is 0 Å². The Morgan fingerprint density at radius 2 is 1.67 bits per heavy atom. The van der Waals surface area contributed by atoms with Crippen LogP contribution < -0.4 is 5.73 Å². The second-order valence-electron chi connectivity index (χ2n) is 7.44. The molecule has 3 fully saturated rings. The van der Waals surface area contributed by atoms with Gasteiger partial charge >= 0.3 is 0 Å². The Morgan fingerprint density at radius 3 is 2.19 bits per heavy atom. The minimum Gasteiger partial charge on any atom is -0.343 e. The third-order valence-corrected chi connectivity index (χ3v) is 6.10. The molecule has 1 aliphatic carbocycles. The summed E-state index contributed by atoms with van der Waals surface area (Å²) in [6.07, 6.45) is 10.7. The molecule has 1 saturated carbocycles. The Balaban J connectivity index is 1.45. The number of hydrogen-bond donors (Lipinski definition) is 1. The quantitative estimate of drug-likeness (QED) is 0.862. The molecule has 0 spiro atoms. The van der Waals surface area contributed by atoms with Gasteiger partial charge in [-0.1, -0.05) is 12.8 Å². The Morgan fingerprint density at radius 1 is 1.00 bits per heavy atom. The van der Waals surface area contributed by atoms with E-state index in [1.54, 1.807) is 0 Å². The number of carbonyl (C=O) groups is 1. The van der Waals surface area contributed by atoms with E-state index in [-0.39, 0.29) is 5.41 Å². The third kappa shape index (κ3) is 3.42. The molecule has 0 aromatic rings. The van der Waals surface area contributed by atoms with Crippen molar-refractivity contribution in [1.82, 2.24) is 9.80 Å². The van der Waals surface area contributed by atoms with Gasteiger partial charge in [-0.15, -0.1) is 0 Å². The first kappa shape index (κ1) is 15.3. The lowest BCUT2D eigenvalue weighted by molar-refractivity contribution is -0.136. The van der Waals surface area contributed by atoms with Crippen LogP contribution in [0.5, 0.6) is 0 Å². The van der Waals surface area contributed by atoms with E-state index in [4.69, 9.17) is 5.73 Å². The minimum absolute atomic E-state index is 0.154. The molecule has 1 amide bonds. The van der Waals surface area contributed by atoms with Gasteiger partial charge in [0, 0.05) is 25.6 Å². The molecule has 4 nitrogen and oxygen atoms in total. The molecular formula is C17H31N3O. The second-order valence-corrected chi connectivity index (χ2v) is 7.44. The summed E-state index contributed by atoms with van der Waals surface area (Å²) in [4.78, 5) is 17.3. The highest BCUT2D eigenvalue weighted by molar-refractivity contribution is 5.77. The van der Waals surface area contributed by atoms with Crippen molar-refractivity contribution < 1.29 is 4.79 Å². The predicted molar refractivity (Wildman–Crippen MR) is 85.0 cm³/mol. The molecular weight excluding hydrogens is 262 g/mol. The van der Waals surface area contributed by atoms with E-state index < -0.39 is 0 Å². The van der Waals surface area contributed by atoms with Crippen molar-refractivity contribution in [1.29, 1.82) is 0 Å². The highest BCUT2D eigenvalue weighted by Crippen LogP contribution is 2.43. The summed E-state index contributed by atoms with van der Waals surface area (Å²) in [5.74, 6) is 0.359. The van der Waals surface area contributed by atoms with E-state index in [9.17, 15) is 4.79 Å². The third-order valence-electron chi connectivity index (χ3n) is 6.10. The van der Waals surface area contributed by atoms with Gasteiger partial charge in [-0.2, -0.15) is 0 Å². The highest BCUT2D eigenvalue weighted by Gasteiger charge is 2.39. The van der Waals surface area contributed by atoms with E-state index in [1.165, 1.54) is 51.6 Å². The molecule has 2 aliphatic heterocycles. The molecule has 4 heteroatoms. The molecule has 0 aromatic heterocycles. The maximum absolute atomic E-state index is 12.5. The van der Waals surface area contributed by atoms with Crippen LogP contribution in [0.4, 0.5) is 0 Å². The van der Waals surface area contributed by atoms with Gasteiger partial charge in [0.05, 0.1) is 0 Å². The average Bonchev–Trinajstić information content (AvgIpc) is 2.52. The SMILES string of the molecule is NCC1(CC(=O)N2CCC(N3CCCCC3)CC2)CCC1. The number of amides is 1. The van der Waals surface area contributed by atoms with Gasteiger partial charge < -0.3 is 15.5 Å². The smallest absolute Gasteiger partial charge is 0.223 e. The lowest BCUT2D eigenvalue weighted by Gasteiger charge is -2.44. The van der Waals surface area contributed by atoms with Crippen molar-refractivity contribution in [2.75, 3.05) is 32.7 Å². The van der Waals surface area contributed by atoms with Gasteiger partial charge in [0.15, 0.2) is 0 Å². The van der Waals surface area contributed by atoms with E-state index >= 15 is 0 Å². The molecule has 2 heterocycles. The molecule has 3 aliphatic rings. The standard InChI is InChI=1S/C17H31N3O/c18-14-17(7-4-8-17)13-16(21)20-11-5-15(6-12-20)19-9-2-1-3-10-19/h15H,1-14,18H2. The predicted octanol–water partition coefficient (Wildman–Crippen LogP) is 1.98. The minimum atomic E-state index is 0.154. The summed E-state index contributed by atoms with van der Waals surface area (Å²) >= 11 is 0. The van der Waals surface area contributed by atoms with Crippen LogP contribution in [0, 0.1) is 5.41 Å². The zero-order chi connectivity index (χ0) is 14.7. The molecule has 0 radical (unpaired) electrons. The van der Waals surface area contributed by atoms with Gasteiger partial charge in [-0.25, -0.2) is 0 Å². The van der Waals surface area contributed by atoms with Gasteiger partial charge in [-0.3, -0.25) is 4.79 Å². The van der Waals surface area contributed by atoms with Gasteiger partial charge in [0.1, 0.15) is 0 Å². The van der Waals surface area contributed by atoms with Crippen LogP contribution in [0.25, 0.3) is 0 Å². The maximum atomic E-state index is 12.5. The molecule has 21 heavy (non-hydrogen) atoms. The lowest BCUT2D eigenvalue weighted by atomic mass is 9.66. The molecule has 0 bridgehead atoms. The van der Waals surface area contributed by atoms with Crippen LogP contribution in [-0.2, 0) is 4.79 Å². The van der Waals surface area contributed by atoms with Crippen LogP contribution in [0.15, 0.2) is 0 Å². The summed E-state index contributed by atoms with van der Waals surface area (Å²) in [5, 5.41) is 0. The topological polar surface area (TPSA) is 49.6 Å². The van der Waals surface area contributed by atoms with Crippen molar-refractivity contribution in [3.63, 3.8) is 0 Å². The number of carbonyl (C=O) groups excluding carboxylic acids is 1. The zero-order valence-electron chi connectivity index (χ0n) is 13.4. The van der Waals surface area contributed by atoms with Gasteiger partial charge in [0.2, 0.25) is 5.91 Å². The summed E-state index contributed by atoms with van der Waals surface area (Å²) in [5.41, 5.74) is 6.04. The van der Waals surface area contributed by atoms with Crippen molar-refractivity contribution in [2.45, 2.75) is 63.8 Å². The summed E-state index contributed by atoms with van der Waals surface area (Å²) in [6.45, 7) is 5.15. The number of rotatable bonds is 4. The Hall–Kier alpha value is -0.610. The molecule has 2 saturated heterocycles. The molecule has 120 valence electrons. The Kier molecular flexibility index (Phi) is 4.85. The van der Waals surface area contributed by atoms with E-state index in [0.717, 1.165) is 32.0 Å². The van der Waals surface area contributed by atoms with Crippen LogP contribution >= 0.6 is 0 Å². The fourth-order valence-electron chi connectivity index (χ4n) is 4.33. The van der Waals surface area contributed by atoms with E-state index in [0.29, 0.717) is 18.9 Å². The number of likely N-dealkylation sites (tertiary alicyclic amines) is 2.